The molecule has 6 heteroatoms. The minimum absolute atomic E-state index is 0.211. The lowest BCUT2D eigenvalue weighted by Crippen LogP contribution is -2.35. The third-order valence-electron chi connectivity index (χ3n) is 2.01. The van der Waals surface area contributed by atoms with Gasteiger partial charge in [0.15, 0.2) is 0 Å². The largest absolute Gasteiger partial charge is 0.394 e. The van der Waals surface area contributed by atoms with Crippen LogP contribution in [0.25, 0.3) is 0 Å². The molecule has 4 N–H and O–H groups in total. The number of rotatable bonds is 4. The Kier molecular flexibility index (Phi) is 4.10. The summed E-state index contributed by atoms with van der Waals surface area (Å²) >= 11 is 0. The summed E-state index contributed by atoms with van der Waals surface area (Å²) < 4.78 is 0. The van der Waals surface area contributed by atoms with E-state index in [-0.39, 0.29) is 5.69 Å². The summed E-state index contributed by atoms with van der Waals surface area (Å²) in [6.07, 6.45) is -2.76. The van der Waals surface area contributed by atoms with Gasteiger partial charge in [-0.05, 0) is 13.0 Å². The van der Waals surface area contributed by atoms with Crippen LogP contribution in [0.5, 0.6) is 0 Å². The molecule has 3 atom stereocenters. The molecule has 0 aliphatic heterocycles. The molecule has 0 saturated carbocycles. The summed E-state index contributed by atoms with van der Waals surface area (Å²) in [5.41, 5.74) is 0.211. The molecule has 1 heterocycles. The molecule has 0 fully saturated rings. The highest BCUT2D eigenvalue weighted by Gasteiger charge is 2.26. The van der Waals surface area contributed by atoms with E-state index in [1.54, 1.807) is 6.92 Å². The number of hydrogen-bond acceptors (Lipinski definition) is 6. The van der Waals surface area contributed by atoms with Crippen molar-refractivity contribution in [3.8, 4) is 0 Å². The van der Waals surface area contributed by atoms with Gasteiger partial charge in [0.05, 0.1) is 12.3 Å². The second-order valence-electron chi connectivity index (χ2n) is 3.21. The second kappa shape index (κ2) is 5.13. The van der Waals surface area contributed by atoms with Crippen molar-refractivity contribution in [1.29, 1.82) is 0 Å². The van der Waals surface area contributed by atoms with Crippen molar-refractivity contribution in [1.82, 2.24) is 9.97 Å². The molecule has 0 aromatic carbocycles. The molecule has 15 heavy (non-hydrogen) atoms. The zero-order valence-electron chi connectivity index (χ0n) is 8.28. The van der Waals surface area contributed by atoms with Crippen LogP contribution in [0.2, 0.25) is 0 Å². The third kappa shape index (κ3) is 2.93. The zero-order chi connectivity index (χ0) is 11.4. The summed E-state index contributed by atoms with van der Waals surface area (Å²) in [6.45, 7) is 1.02. The fourth-order valence-corrected chi connectivity index (χ4v) is 1.13. The van der Waals surface area contributed by atoms with Crippen molar-refractivity contribution in [3.05, 3.63) is 23.8 Å². The highest BCUT2D eigenvalue weighted by Crippen LogP contribution is 2.16. The summed E-state index contributed by atoms with van der Waals surface area (Å²) in [6, 6.07) is 1.44. The molecular formula is C9H14N2O4. The summed E-state index contributed by atoms with van der Waals surface area (Å²) in [4.78, 5) is 7.73. The normalized spacial score (nSPS) is 17.1. The third-order valence-corrected chi connectivity index (χ3v) is 2.01. The Balaban J connectivity index is 2.80. The molecule has 6 nitrogen and oxygen atoms in total. The van der Waals surface area contributed by atoms with E-state index in [4.69, 9.17) is 10.2 Å². The van der Waals surface area contributed by atoms with Gasteiger partial charge >= 0.3 is 0 Å². The first-order valence-electron chi connectivity index (χ1n) is 4.51. The van der Waals surface area contributed by atoms with Gasteiger partial charge in [0.2, 0.25) is 0 Å². The molecule has 0 amide bonds. The molecule has 3 unspecified atom stereocenters. The number of nitrogens with zero attached hydrogens (tertiary/aromatic N) is 2. The van der Waals surface area contributed by atoms with Crippen LogP contribution in [0.4, 0.5) is 0 Å². The van der Waals surface area contributed by atoms with Gasteiger partial charge in [-0.2, -0.15) is 0 Å². The minimum atomic E-state index is -1.47. The summed E-state index contributed by atoms with van der Waals surface area (Å²) in [5, 5.41) is 36.7. The number of aryl methyl sites for hydroxylation is 1. The van der Waals surface area contributed by atoms with Gasteiger partial charge in [-0.25, -0.2) is 9.97 Å². The van der Waals surface area contributed by atoms with Crippen molar-refractivity contribution in [2.75, 3.05) is 6.61 Å². The number of aliphatic hydroxyl groups is 4. The lowest BCUT2D eigenvalue weighted by Gasteiger charge is -2.20. The highest BCUT2D eigenvalue weighted by atomic mass is 16.4. The van der Waals surface area contributed by atoms with Gasteiger partial charge in [0.1, 0.15) is 24.1 Å². The lowest BCUT2D eigenvalue weighted by atomic mass is 10.1. The monoisotopic (exact) mass is 214 g/mol. The number of aliphatic hydroxyl groups excluding tert-OH is 4. The van der Waals surface area contributed by atoms with E-state index in [1.807, 2.05) is 0 Å². The Labute approximate surface area is 86.9 Å². The summed E-state index contributed by atoms with van der Waals surface area (Å²) in [7, 11) is 0. The number of hydrogen-bond donors (Lipinski definition) is 4. The van der Waals surface area contributed by atoms with Crippen molar-refractivity contribution >= 4 is 0 Å². The molecule has 1 rings (SSSR count). The van der Waals surface area contributed by atoms with E-state index in [0.717, 1.165) is 0 Å². The maximum Gasteiger partial charge on any atom is 0.125 e. The van der Waals surface area contributed by atoms with Crippen LogP contribution in [0.15, 0.2) is 12.3 Å². The molecule has 84 valence electrons. The maximum atomic E-state index is 9.60. The van der Waals surface area contributed by atoms with Crippen molar-refractivity contribution in [2.45, 2.75) is 25.2 Å². The Morgan fingerprint density at radius 3 is 2.53 bits per heavy atom. The van der Waals surface area contributed by atoms with Crippen LogP contribution in [0, 0.1) is 6.92 Å². The Bertz CT molecular complexity index is 321. The van der Waals surface area contributed by atoms with E-state index in [9.17, 15) is 10.2 Å². The lowest BCUT2D eigenvalue weighted by molar-refractivity contribution is -0.0790. The van der Waals surface area contributed by atoms with E-state index in [1.165, 1.54) is 12.3 Å². The first-order chi connectivity index (χ1) is 7.06. The van der Waals surface area contributed by atoms with E-state index in [0.29, 0.717) is 5.82 Å². The SMILES string of the molecule is Cc1nccc(C(O)C(O)C(O)CO)n1. The Morgan fingerprint density at radius 2 is 2.00 bits per heavy atom. The predicted molar refractivity (Wildman–Crippen MR) is 50.8 cm³/mol. The summed E-state index contributed by atoms with van der Waals surface area (Å²) in [5.74, 6) is 0.456. The van der Waals surface area contributed by atoms with Crippen LogP contribution >= 0.6 is 0 Å². The maximum absolute atomic E-state index is 9.60. The number of aromatic nitrogens is 2. The van der Waals surface area contributed by atoms with Gasteiger partial charge in [-0.3, -0.25) is 0 Å². The first-order valence-corrected chi connectivity index (χ1v) is 4.51. The van der Waals surface area contributed by atoms with Crippen LogP contribution in [0.1, 0.15) is 17.6 Å². The van der Waals surface area contributed by atoms with Crippen molar-refractivity contribution in [3.63, 3.8) is 0 Å². The van der Waals surface area contributed by atoms with Crippen LogP contribution < -0.4 is 0 Å². The zero-order valence-corrected chi connectivity index (χ0v) is 8.28. The Morgan fingerprint density at radius 1 is 1.33 bits per heavy atom. The first kappa shape index (κ1) is 12.0. The minimum Gasteiger partial charge on any atom is -0.394 e. The van der Waals surface area contributed by atoms with E-state index >= 15 is 0 Å². The smallest absolute Gasteiger partial charge is 0.125 e. The second-order valence-corrected chi connectivity index (χ2v) is 3.21. The molecule has 0 aliphatic rings. The highest BCUT2D eigenvalue weighted by molar-refractivity contribution is 5.07. The standard InChI is InChI=1S/C9H14N2O4/c1-5-10-3-2-6(11-5)8(14)9(15)7(13)4-12/h2-3,7-9,12-15H,4H2,1H3. The molecule has 1 aromatic rings. The quantitative estimate of drug-likeness (QED) is 0.487. The molecule has 0 saturated heterocycles. The molecule has 0 aliphatic carbocycles. The van der Waals surface area contributed by atoms with Gasteiger partial charge in [0, 0.05) is 6.20 Å². The van der Waals surface area contributed by atoms with Crippen LogP contribution in [-0.2, 0) is 0 Å². The van der Waals surface area contributed by atoms with Crippen LogP contribution in [-0.4, -0.2) is 49.2 Å². The topological polar surface area (TPSA) is 107 Å². The Hall–Kier alpha value is -1.08. The molecular weight excluding hydrogens is 200 g/mol. The van der Waals surface area contributed by atoms with E-state index in [2.05, 4.69) is 9.97 Å². The van der Waals surface area contributed by atoms with Gasteiger partial charge in [-0.15, -0.1) is 0 Å². The average Bonchev–Trinajstić information content (AvgIpc) is 2.26. The molecule has 1 aromatic heterocycles. The van der Waals surface area contributed by atoms with Gasteiger partial charge in [-0.1, -0.05) is 0 Å². The molecule has 0 spiro atoms. The fraction of sp³-hybridized carbons (Fsp3) is 0.556. The fourth-order valence-electron chi connectivity index (χ4n) is 1.13. The molecule has 0 bridgehead atoms. The van der Waals surface area contributed by atoms with Gasteiger partial charge < -0.3 is 20.4 Å². The predicted octanol–water partition coefficient (Wildman–Crippen LogP) is -1.47. The van der Waals surface area contributed by atoms with Crippen molar-refractivity contribution in [2.24, 2.45) is 0 Å². The van der Waals surface area contributed by atoms with Crippen molar-refractivity contribution < 1.29 is 20.4 Å². The van der Waals surface area contributed by atoms with Crippen LogP contribution in [0.3, 0.4) is 0 Å². The van der Waals surface area contributed by atoms with E-state index < -0.39 is 24.9 Å². The average molecular weight is 214 g/mol. The van der Waals surface area contributed by atoms with Gasteiger partial charge in [0.25, 0.3) is 0 Å². The molecule has 0 radical (unpaired) electrons.